The standard InChI is InChI=1S/C12H14N2O4/c15-12(18-9-13-7-1-2-8-13)10-3-5-11(6-4-10)14(16)17/h3-6H,1-2,7-9H2. The third kappa shape index (κ3) is 3.04. The third-order valence-corrected chi connectivity index (χ3v) is 2.89. The van der Waals surface area contributed by atoms with Crippen molar-refractivity contribution >= 4 is 11.7 Å². The van der Waals surface area contributed by atoms with E-state index in [1.165, 1.54) is 24.3 Å². The lowest BCUT2D eigenvalue weighted by molar-refractivity contribution is -0.384. The molecule has 0 unspecified atom stereocenters. The van der Waals surface area contributed by atoms with E-state index >= 15 is 0 Å². The van der Waals surface area contributed by atoms with Crippen LogP contribution in [0.3, 0.4) is 0 Å². The zero-order chi connectivity index (χ0) is 13.0. The summed E-state index contributed by atoms with van der Waals surface area (Å²) < 4.78 is 5.13. The van der Waals surface area contributed by atoms with E-state index in [9.17, 15) is 14.9 Å². The number of rotatable bonds is 4. The Kier molecular flexibility index (Phi) is 3.88. The van der Waals surface area contributed by atoms with Crippen LogP contribution >= 0.6 is 0 Å². The summed E-state index contributed by atoms with van der Waals surface area (Å²) >= 11 is 0. The molecule has 0 saturated carbocycles. The first-order chi connectivity index (χ1) is 8.66. The summed E-state index contributed by atoms with van der Waals surface area (Å²) in [6.07, 6.45) is 2.27. The zero-order valence-corrected chi connectivity index (χ0v) is 9.87. The molecule has 2 rings (SSSR count). The number of benzene rings is 1. The maximum atomic E-state index is 11.7. The van der Waals surface area contributed by atoms with Gasteiger partial charge in [0.05, 0.1) is 10.5 Å². The van der Waals surface area contributed by atoms with Crippen LogP contribution in [-0.4, -0.2) is 35.6 Å². The molecule has 0 aliphatic carbocycles. The fourth-order valence-corrected chi connectivity index (χ4v) is 1.86. The van der Waals surface area contributed by atoms with E-state index in [4.69, 9.17) is 4.74 Å². The molecule has 18 heavy (non-hydrogen) atoms. The van der Waals surface area contributed by atoms with Crippen LogP contribution in [0.1, 0.15) is 23.2 Å². The van der Waals surface area contributed by atoms with Gasteiger partial charge in [0.2, 0.25) is 0 Å². The Morgan fingerprint density at radius 2 is 1.89 bits per heavy atom. The molecule has 0 radical (unpaired) electrons. The molecule has 0 N–H and O–H groups in total. The average Bonchev–Trinajstić information content (AvgIpc) is 2.89. The molecule has 1 heterocycles. The molecule has 0 bridgehead atoms. The molecule has 1 aromatic rings. The molecule has 0 atom stereocenters. The maximum Gasteiger partial charge on any atom is 0.339 e. The monoisotopic (exact) mass is 250 g/mol. The van der Waals surface area contributed by atoms with E-state index in [1.54, 1.807) is 0 Å². The minimum Gasteiger partial charge on any atom is -0.446 e. The smallest absolute Gasteiger partial charge is 0.339 e. The van der Waals surface area contributed by atoms with Gasteiger partial charge in [-0.15, -0.1) is 0 Å². The second kappa shape index (κ2) is 5.59. The quantitative estimate of drug-likeness (QED) is 0.463. The van der Waals surface area contributed by atoms with Crippen molar-refractivity contribution in [1.29, 1.82) is 0 Å². The largest absolute Gasteiger partial charge is 0.446 e. The maximum absolute atomic E-state index is 11.7. The molecule has 1 saturated heterocycles. The molecule has 6 nitrogen and oxygen atoms in total. The lowest BCUT2D eigenvalue weighted by Crippen LogP contribution is -2.24. The van der Waals surface area contributed by atoms with E-state index in [-0.39, 0.29) is 12.4 Å². The van der Waals surface area contributed by atoms with Gasteiger partial charge in [-0.3, -0.25) is 15.0 Å². The minimum atomic E-state index is -0.501. The SMILES string of the molecule is O=C(OCN1CCCC1)c1ccc([N+](=O)[O-])cc1. The lowest BCUT2D eigenvalue weighted by Gasteiger charge is -2.14. The van der Waals surface area contributed by atoms with Crippen LogP contribution in [0.5, 0.6) is 0 Å². The summed E-state index contributed by atoms with van der Waals surface area (Å²) in [6, 6.07) is 5.41. The van der Waals surface area contributed by atoms with Gasteiger partial charge in [0.1, 0.15) is 6.73 Å². The fraction of sp³-hybridized carbons (Fsp3) is 0.417. The second-order valence-electron chi connectivity index (χ2n) is 4.19. The fourth-order valence-electron chi connectivity index (χ4n) is 1.86. The first kappa shape index (κ1) is 12.5. The Labute approximate surface area is 104 Å². The number of carbonyl (C=O) groups excluding carboxylic acids is 1. The number of hydrogen-bond donors (Lipinski definition) is 0. The van der Waals surface area contributed by atoms with Crippen LogP contribution in [0.25, 0.3) is 0 Å². The van der Waals surface area contributed by atoms with Crippen molar-refractivity contribution in [3.05, 3.63) is 39.9 Å². The Morgan fingerprint density at radius 1 is 1.28 bits per heavy atom. The van der Waals surface area contributed by atoms with E-state index in [1.807, 2.05) is 0 Å². The predicted molar refractivity (Wildman–Crippen MR) is 64.2 cm³/mol. The summed E-state index contributed by atoms with van der Waals surface area (Å²) in [5.41, 5.74) is 0.297. The van der Waals surface area contributed by atoms with Crippen molar-refractivity contribution < 1.29 is 14.5 Å². The minimum absolute atomic E-state index is 0.0360. The molecule has 0 spiro atoms. The van der Waals surface area contributed by atoms with Crippen LogP contribution in [0.2, 0.25) is 0 Å². The van der Waals surface area contributed by atoms with E-state index < -0.39 is 10.9 Å². The molecule has 1 aliphatic heterocycles. The Hall–Kier alpha value is -1.95. The highest BCUT2D eigenvalue weighted by molar-refractivity contribution is 5.89. The summed E-state index contributed by atoms with van der Waals surface area (Å²) in [4.78, 5) is 23.7. The van der Waals surface area contributed by atoms with Crippen LogP contribution in [-0.2, 0) is 4.74 Å². The number of nitro benzene ring substituents is 1. The Balaban J connectivity index is 1.89. The number of hydrogen-bond acceptors (Lipinski definition) is 5. The van der Waals surface area contributed by atoms with Gasteiger partial charge in [-0.2, -0.15) is 0 Å². The highest BCUT2D eigenvalue weighted by atomic mass is 16.6. The first-order valence-electron chi connectivity index (χ1n) is 5.81. The molecular formula is C12H14N2O4. The van der Waals surface area contributed by atoms with Gasteiger partial charge in [-0.1, -0.05) is 0 Å². The van der Waals surface area contributed by atoms with Crippen LogP contribution in [0.4, 0.5) is 5.69 Å². The molecule has 1 fully saturated rings. The van der Waals surface area contributed by atoms with Gasteiger partial charge in [0.25, 0.3) is 5.69 Å². The summed E-state index contributed by atoms with van der Waals surface area (Å²) in [5, 5.41) is 10.5. The van der Waals surface area contributed by atoms with Crippen molar-refractivity contribution in [2.75, 3.05) is 19.8 Å². The highest BCUT2D eigenvalue weighted by Crippen LogP contribution is 2.13. The van der Waals surface area contributed by atoms with Crippen molar-refractivity contribution in [1.82, 2.24) is 4.90 Å². The number of ether oxygens (including phenoxy) is 1. The molecule has 0 amide bonds. The molecule has 96 valence electrons. The van der Waals surface area contributed by atoms with E-state index in [2.05, 4.69) is 4.90 Å². The topological polar surface area (TPSA) is 72.7 Å². The molecule has 1 aliphatic rings. The molecular weight excluding hydrogens is 236 g/mol. The van der Waals surface area contributed by atoms with Crippen LogP contribution in [0, 0.1) is 10.1 Å². The Bertz CT molecular complexity index is 438. The van der Waals surface area contributed by atoms with Gasteiger partial charge in [-0.05, 0) is 25.0 Å². The molecule has 0 aromatic heterocycles. The van der Waals surface area contributed by atoms with Crippen molar-refractivity contribution in [3.8, 4) is 0 Å². The average molecular weight is 250 g/mol. The van der Waals surface area contributed by atoms with Crippen molar-refractivity contribution in [2.24, 2.45) is 0 Å². The van der Waals surface area contributed by atoms with Gasteiger partial charge in [0.15, 0.2) is 0 Å². The van der Waals surface area contributed by atoms with Gasteiger partial charge < -0.3 is 4.74 Å². The summed E-state index contributed by atoms with van der Waals surface area (Å²) in [7, 11) is 0. The predicted octanol–water partition coefficient (Wildman–Crippen LogP) is 1.80. The van der Waals surface area contributed by atoms with E-state index in [0.717, 1.165) is 25.9 Å². The number of likely N-dealkylation sites (tertiary alicyclic amines) is 1. The Morgan fingerprint density at radius 3 is 2.44 bits per heavy atom. The number of esters is 1. The number of nitro groups is 1. The lowest BCUT2D eigenvalue weighted by atomic mass is 10.2. The van der Waals surface area contributed by atoms with Crippen LogP contribution in [0.15, 0.2) is 24.3 Å². The number of non-ortho nitro benzene ring substituents is 1. The highest BCUT2D eigenvalue weighted by Gasteiger charge is 2.15. The number of nitrogens with zero attached hydrogens (tertiary/aromatic N) is 2. The van der Waals surface area contributed by atoms with Gasteiger partial charge in [0, 0.05) is 25.2 Å². The van der Waals surface area contributed by atoms with Crippen molar-refractivity contribution in [3.63, 3.8) is 0 Å². The van der Waals surface area contributed by atoms with Gasteiger partial charge >= 0.3 is 5.97 Å². The second-order valence-corrected chi connectivity index (χ2v) is 4.19. The third-order valence-electron chi connectivity index (χ3n) is 2.89. The van der Waals surface area contributed by atoms with Gasteiger partial charge in [-0.25, -0.2) is 4.79 Å². The summed E-state index contributed by atoms with van der Waals surface area (Å²) in [6.45, 7) is 2.19. The normalized spacial score (nSPS) is 15.6. The molecule has 1 aromatic carbocycles. The zero-order valence-electron chi connectivity index (χ0n) is 9.87. The van der Waals surface area contributed by atoms with Crippen molar-refractivity contribution in [2.45, 2.75) is 12.8 Å². The van der Waals surface area contributed by atoms with E-state index in [0.29, 0.717) is 5.56 Å². The van der Waals surface area contributed by atoms with Crippen LogP contribution < -0.4 is 0 Å². The molecule has 6 heteroatoms. The number of carbonyl (C=O) groups is 1. The summed E-state index contributed by atoms with van der Waals surface area (Å²) in [5.74, 6) is -0.447. The first-order valence-corrected chi connectivity index (χ1v) is 5.81.